The fourth-order valence-corrected chi connectivity index (χ4v) is 4.04. The molecule has 9 heteroatoms. The van der Waals surface area contributed by atoms with Gasteiger partial charge in [0.1, 0.15) is 23.3 Å². The molecular weight excluding hydrogens is 377 g/mol. The van der Waals surface area contributed by atoms with Crippen LogP contribution in [0.4, 0.5) is 4.39 Å². The number of halogens is 1. The number of amides is 1. The second-order valence-electron chi connectivity index (χ2n) is 7.30. The average molecular weight is 399 g/mol. The van der Waals surface area contributed by atoms with E-state index in [1.165, 1.54) is 18.4 Å². The molecule has 0 unspecified atom stereocenters. The number of likely N-dealkylation sites (N-methyl/N-ethyl adjacent to an activating group) is 1. The number of benzene rings is 1. The molecule has 4 N–H and O–H groups in total. The van der Waals surface area contributed by atoms with Gasteiger partial charge in [0.05, 0.1) is 11.2 Å². The van der Waals surface area contributed by atoms with Gasteiger partial charge < -0.3 is 25.6 Å². The van der Waals surface area contributed by atoms with Gasteiger partial charge in [0.25, 0.3) is 5.91 Å². The Labute approximate surface area is 167 Å². The smallest absolute Gasteiger partial charge is 0.260 e. The molecule has 1 aromatic carbocycles. The normalized spacial score (nSPS) is 18.9. The molecular formula is C20H22FN5O3. The third-order valence-electron chi connectivity index (χ3n) is 5.62. The Balaban J connectivity index is 1.46. The van der Waals surface area contributed by atoms with Gasteiger partial charge in [-0.15, -0.1) is 0 Å². The number of oxazole rings is 1. The standard InChI is InChI=1S/C20H22FN5O3/c1-26-19(27)15(16(22)20(26)7-2-3-8-20)17(23)25-29-11-14-10-28-18(24-14)12-5-4-6-13(21)9-12/h4-6,9-10H,2-3,7-8,11,22H2,1H3,(H2,23,25). The van der Waals surface area contributed by atoms with E-state index >= 15 is 0 Å². The van der Waals surface area contributed by atoms with Gasteiger partial charge in [-0.25, -0.2) is 9.37 Å². The highest BCUT2D eigenvalue weighted by Crippen LogP contribution is 2.44. The number of nitrogens with zero attached hydrogens (tertiary/aromatic N) is 3. The van der Waals surface area contributed by atoms with Crippen molar-refractivity contribution < 1.29 is 18.4 Å². The van der Waals surface area contributed by atoms with Crippen molar-refractivity contribution in [1.82, 2.24) is 9.88 Å². The summed E-state index contributed by atoms with van der Waals surface area (Å²) in [5.74, 6) is -0.420. The molecule has 1 aliphatic carbocycles. The molecule has 0 radical (unpaired) electrons. The summed E-state index contributed by atoms with van der Waals surface area (Å²) in [6.45, 7) is -0.0259. The van der Waals surface area contributed by atoms with Crippen LogP contribution in [-0.4, -0.2) is 34.2 Å². The molecule has 0 saturated heterocycles. The third-order valence-corrected chi connectivity index (χ3v) is 5.62. The first-order valence-corrected chi connectivity index (χ1v) is 9.37. The van der Waals surface area contributed by atoms with Gasteiger partial charge in [-0.3, -0.25) is 4.79 Å². The molecule has 2 aliphatic rings. The highest BCUT2D eigenvalue weighted by atomic mass is 19.1. The number of oxime groups is 1. The van der Waals surface area contributed by atoms with Crippen LogP contribution >= 0.6 is 0 Å². The van der Waals surface area contributed by atoms with E-state index in [9.17, 15) is 9.18 Å². The zero-order chi connectivity index (χ0) is 20.6. The van der Waals surface area contributed by atoms with Crippen LogP contribution in [0.25, 0.3) is 11.5 Å². The van der Waals surface area contributed by atoms with Crippen LogP contribution < -0.4 is 11.5 Å². The maximum atomic E-state index is 13.3. The SMILES string of the molecule is CN1C(=O)C(/C(N)=N/OCc2coc(-c3cccc(F)c3)n2)=C(N)C12CCCC2. The Morgan fingerprint density at radius 1 is 1.41 bits per heavy atom. The molecule has 1 spiro atoms. The molecule has 1 aliphatic heterocycles. The first-order chi connectivity index (χ1) is 13.9. The van der Waals surface area contributed by atoms with Crippen molar-refractivity contribution in [3.05, 3.63) is 53.3 Å². The maximum Gasteiger partial charge on any atom is 0.260 e. The lowest BCUT2D eigenvalue weighted by molar-refractivity contribution is -0.127. The predicted molar refractivity (Wildman–Crippen MR) is 103 cm³/mol. The minimum Gasteiger partial charge on any atom is -0.444 e. The maximum absolute atomic E-state index is 13.3. The zero-order valence-electron chi connectivity index (χ0n) is 16.0. The van der Waals surface area contributed by atoms with Gasteiger partial charge in [0.15, 0.2) is 12.4 Å². The molecule has 2 aromatic rings. The number of nitrogens with two attached hydrogens (primary N) is 2. The van der Waals surface area contributed by atoms with E-state index in [2.05, 4.69) is 10.1 Å². The topological polar surface area (TPSA) is 120 Å². The largest absolute Gasteiger partial charge is 0.444 e. The molecule has 2 heterocycles. The van der Waals surface area contributed by atoms with Crippen LogP contribution in [-0.2, 0) is 16.2 Å². The third kappa shape index (κ3) is 3.22. The minimum atomic E-state index is -0.460. The summed E-state index contributed by atoms with van der Waals surface area (Å²) in [6.07, 6.45) is 5.06. The quantitative estimate of drug-likeness (QED) is 0.452. The van der Waals surface area contributed by atoms with Crippen molar-refractivity contribution in [3.63, 3.8) is 0 Å². The number of aromatic nitrogens is 1. The lowest BCUT2D eigenvalue weighted by Gasteiger charge is -2.33. The van der Waals surface area contributed by atoms with Crippen molar-refractivity contribution in [2.75, 3.05) is 7.05 Å². The van der Waals surface area contributed by atoms with E-state index in [4.69, 9.17) is 20.7 Å². The van der Waals surface area contributed by atoms with Crippen LogP contribution in [0.15, 0.2) is 51.4 Å². The summed E-state index contributed by atoms with van der Waals surface area (Å²) < 4.78 is 18.7. The first-order valence-electron chi connectivity index (χ1n) is 9.37. The van der Waals surface area contributed by atoms with E-state index in [-0.39, 0.29) is 35.6 Å². The molecule has 29 heavy (non-hydrogen) atoms. The fraction of sp³-hybridized carbons (Fsp3) is 0.350. The molecule has 1 saturated carbocycles. The lowest BCUT2D eigenvalue weighted by atomic mass is 9.93. The molecule has 152 valence electrons. The van der Waals surface area contributed by atoms with Gasteiger partial charge in [-0.05, 0) is 31.0 Å². The van der Waals surface area contributed by atoms with Crippen molar-refractivity contribution in [2.24, 2.45) is 16.6 Å². The fourth-order valence-electron chi connectivity index (χ4n) is 4.04. The zero-order valence-corrected chi connectivity index (χ0v) is 16.0. The Morgan fingerprint density at radius 2 is 2.17 bits per heavy atom. The van der Waals surface area contributed by atoms with Crippen LogP contribution in [0.2, 0.25) is 0 Å². The highest BCUT2D eigenvalue weighted by molar-refractivity contribution is 6.22. The van der Waals surface area contributed by atoms with Gasteiger partial charge in [0, 0.05) is 12.6 Å². The number of hydrogen-bond donors (Lipinski definition) is 2. The summed E-state index contributed by atoms with van der Waals surface area (Å²) in [6, 6.07) is 5.92. The predicted octanol–water partition coefficient (Wildman–Crippen LogP) is 2.27. The van der Waals surface area contributed by atoms with Gasteiger partial charge >= 0.3 is 0 Å². The van der Waals surface area contributed by atoms with Crippen molar-refractivity contribution in [2.45, 2.75) is 37.8 Å². The van der Waals surface area contributed by atoms with Crippen molar-refractivity contribution >= 4 is 11.7 Å². The van der Waals surface area contributed by atoms with Crippen molar-refractivity contribution in [3.8, 4) is 11.5 Å². The molecule has 8 nitrogen and oxygen atoms in total. The van der Waals surface area contributed by atoms with Crippen molar-refractivity contribution in [1.29, 1.82) is 0 Å². The molecule has 0 atom stereocenters. The summed E-state index contributed by atoms with van der Waals surface area (Å²) in [4.78, 5) is 23.8. The molecule has 1 fully saturated rings. The molecule has 1 amide bonds. The van der Waals surface area contributed by atoms with E-state index in [1.54, 1.807) is 24.1 Å². The molecule has 0 bridgehead atoms. The Morgan fingerprint density at radius 3 is 2.90 bits per heavy atom. The number of amidine groups is 1. The second-order valence-corrected chi connectivity index (χ2v) is 7.30. The number of carbonyl (C=O) groups is 1. The minimum absolute atomic E-state index is 0.0259. The van der Waals surface area contributed by atoms with Gasteiger partial charge in [0.2, 0.25) is 5.89 Å². The summed E-state index contributed by atoms with van der Waals surface area (Å²) in [5, 5.41) is 3.85. The number of hydrogen-bond acceptors (Lipinski definition) is 6. The monoisotopic (exact) mass is 399 g/mol. The summed E-state index contributed by atoms with van der Waals surface area (Å²) >= 11 is 0. The van der Waals surface area contributed by atoms with E-state index in [1.807, 2.05) is 0 Å². The van der Waals surface area contributed by atoms with Crippen LogP contribution in [0.5, 0.6) is 0 Å². The molecule has 1 aromatic heterocycles. The summed E-state index contributed by atoms with van der Waals surface area (Å²) in [7, 11) is 1.74. The van der Waals surface area contributed by atoms with Crippen LogP contribution in [0.1, 0.15) is 31.4 Å². The van der Waals surface area contributed by atoms with Crippen LogP contribution in [0, 0.1) is 5.82 Å². The van der Waals surface area contributed by atoms with Gasteiger partial charge in [-0.2, -0.15) is 0 Å². The Bertz CT molecular complexity index is 1010. The van der Waals surface area contributed by atoms with E-state index in [0.717, 1.165) is 25.7 Å². The lowest BCUT2D eigenvalue weighted by Crippen LogP contribution is -2.45. The van der Waals surface area contributed by atoms with Gasteiger partial charge in [-0.1, -0.05) is 24.1 Å². The summed E-state index contributed by atoms with van der Waals surface area (Å²) in [5.41, 5.74) is 13.5. The highest BCUT2D eigenvalue weighted by Gasteiger charge is 2.51. The number of rotatable bonds is 5. The second kappa shape index (κ2) is 7.23. The first kappa shape index (κ1) is 19.0. The van der Waals surface area contributed by atoms with E-state index in [0.29, 0.717) is 17.0 Å². The van der Waals surface area contributed by atoms with E-state index < -0.39 is 5.54 Å². The number of carbonyl (C=O) groups excluding carboxylic acids is 1. The Kier molecular flexibility index (Phi) is 4.73. The molecule has 4 rings (SSSR count). The van der Waals surface area contributed by atoms with Crippen LogP contribution in [0.3, 0.4) is 0 Å². The average Bonchev–Trinajstić information content (AvgIpc) is 3.41. The Hall–Kier alpha value is -3.36.